The fourth-order valence-electron chi connectivity index (χ4n) is 8.05. The molecule has 0 spiro atoms. The SMILES string of the molecule is Cc1c(C(=O)O)c(-c2cccc(N3CCN(c4ccc(NS(=O)(=O)c5ccc(N[C@H](CCN(C)C)CSc6cccc(F)c6)c(S(=O)(=O)C(F)(F)F)c5)cc4)CC3)c2)c(-c2ccc(F)cc2)n1C. The van der Waals surface area contributed by atoms with Gasteiger partial charge in [-0.1, -0.05) is 18.2 Å². The average molecular weight is 997 g/mol. The number of sulfone groups is 1. The maximum Gasteiger partial charge on any atom is 0.501 e. The highest BCUT2D eigenvalue weighted by atomic mass is 32.2. The van der Waals surface area contributed by atoms with Gasteiger partial charge in [-0.15, -0.1) is 11.8 Å². The Morgan fingerprint density at radius 3 is 2.06 bits per heavy atom. The Bertz CT molecular complexity index is 3010. The first kappa shape index (κ1) is 49.8. The highest BCUT2D eigenvalue weighted by Gasteiger charge is 2.48. The van der Waals surface area contributed by atoms with E-state index >= 15 is 0 Å². The van der Waals surface area contributed by atoms with E-state index in [-0.39, 0.29) is 17.0 Å². The van der Waals surface area contributed by atoms with Crippen LogP contribution < -0.4 is 19.8 Å². The summed E-state index contributed by atoms with van der Waals surface area (Å²) >= 11 is 1.22. The van der Waals surface area contributed by atoms with Crippen molar-refractivity contribution in [3.63, 3.8) is 0 Å². The van der Waals surface area contributed by atoms with Gasteiger partial charge in [0.25, 0.3) is 19.9 Å². The quantitative estimate of drug-likeness (QED) is 0.0594. The topological polar surface area (TPSA) is 144 Å². The van der Waals surface area contributed by atoms with Crippen molar-refractivity contribution in [3.8, 4) is 22.4 Å². The molecule has 0 radical (unpaired) electrons. The Labute approximate surface area is 396 Å². The van der Waals surface area contributed by atoms with E-state index < -0.39 is 64.5 Å². The summed E-state index contributed by atoms with van der Waals surface area (Å²) < 4.78 is 128. The van der Waals surface area contributed by atoms with E-state index in [1.54, 1.807) is 63.0 Å². The van der Waals surface area contributed by atoms with Crippen molar-refractivity contribution < 1.29 is 48.7 Å². The summed E-state index contributed by atoms with van der Waals surface area (Å²) in [5.74, 6) is -1.74. The molecule has 0 unspecified atom stereocenters. The van der Waals surface area contributed by atoms with Crippen LogP contribution in [0, 0.1) is 18.6 Å². The molecule has 5 aromatic carbocycles. The van der Waals surface area contributed by atoms with Crippen molar-refractivity contribution >= 4 is 60.3 Å². The molecule has 12 nitrogen and oxygen atoms in total. The summed E-state index contributed by atoms with van der Waals surface area (Å²) in [7, 11) is -5.29. The van der Waals surface area contributed by atoms with Gasteiger partial charge in [0.05, 0.1) is 21.8 Å². The number of anilines is 4. The molecular weight excluding hydrogens is 948 g/mol. The number of piperazine rings is 1. The number of nitrogens with one attached hydrogen (secondary N) is 2. The van der Waals surface area contributed by atoms with E-state index in [0.717, 1.165) is 23.5 Å². The van der Waals surface area contributed by atoms with Crippen molar-refractivity contribution in [1.82, 2.24) is 9.47 Å². The third kappa shape index (κ3) is 11.1. The first-order valence-electron chi connectivity index (χ1n) is 21.3. The second-order valence-electron chi connectivity index (χ2n) is 16.5. The molecule has 0 saturated carbocycles. The maximum absolute atomic E-state index is 14.1. The number of halogens is 5. The number of hydrogen-bond acceptors (Lipinski definition) is 10. The smallest absolute Gasteiger partial charge is 0.478 e. The Kier molecular flexibility index (Phi) is 14.8. The first-order valence-corrected chi connectivity index (χ1v) is 25.2. The fourth-order valence-corrected chi connectivity index (χ4v) is 11.2. The summed E-state index contributed by atoms with van der Waals surface area (Å²) in [6, 6.07) is 27.6. The molecule has 6 aromatic rings. The van der Waals surface area contributed by atoms with Crippen LogP contribution in [0.1, 0.15) is 22.5 Å². The van der Waals surface area contributed by atoms with E-state index in [1.165, 1.54) is 54.2 Å². The molecule has 0 amide bonds. The molecule has 0 bridgehead atoms. The van der Waals surface area contributed by atoms with Crippen molar-refractivity contribution in [2.75, 3.05) is 72.4 Å². The molecule has 0 aliphatic carbocycles. The monoisotopic (exact) mass is 996 g/mol. The van der Waals surface area contributed by atoms with Gasteiger partial charge in [-0.3, -0.25) is 4.72 Å². The van der Waals surface area contributed by atoms with Crippen LogP contribution in [0.15, 0.2) is 130 Å². The lowest BCUT2D eigenvalue weighted by Gasteiger charge is -2.37. The molecule has 7 rings (SSSR count). The van der Waals surface area contributed by atoms with Gasteiger partial charge < -0.3 is 29.7 Å². The number of benzene rings is 5. The molecule has 3 N–H and O–H groups in total. The van der Waals surface area contributed by atoms with Gasteiger partial charge in [0.1, 0.15) is 16.5 Å². The zero-order valence-corrected chi connectivity index (χ0v) is 39.8. The second-order valence-corrected chi connectivity index (χ2v) is 21.2. The predicted octanol–water partition coefficient (Wildman–Crippen LogP) is 9.59. The van der Waals surface area contributed by atoms with Crippen LogP contribution in [0.25, 0.3) is 22.4 Å². The number of alkyl halides is 3. The van der Waals surface area contributed by atoms with Crippen LogP contribution in [0.4, 0.5) is 44.7 Å². The maximum atomic E-state index is 14.1. The number of thioether (sulfide) groups is 1. The molecule has 20 heteroatoms. The minimum absolute atomic E-state index is 0.0849. The summed E-state index contributed by atoms with van der Waals surface area (Å²) in [5.41, 5.74) is -1.23. The van der Waals surface area contributed by atoms with Crippen LogP contribution >= 0.6 is 11.8 Å². The van der Waals surface area contributed by atoms with E-state index in [9.17, 15) is 48.7 Å². The van der Waals surface area contributed by atoms with Crippen LogP contribution in [0.5, 0.6) is 0 Å². The van der Waals surface area contributed by atoms with Crippen LogP contribution in [-0.4, -0.2) is 102 Å². The standard InChI is InChI=1S/C48H49F5N6O6S3/c1-31-44(47(60)61)45(46(57(31)4)32-11-13-34(49)14-12-32)33-7-5-9-39(27-33)59-25-23-58(24-26-59)38-17-15-36(16-18-38)55-68(64,65)41-19-20-42(43(29-41)67(62,63)48(51,52)53)54-37(21-22-56(2)3)30-66-40-10-6-8-35(50)28-40/h5-20,27-29,37,54-55H,21-26,30H2,1-4H3,(H,60,61)/t37-/m1/s1. The Morgan fingerprint density at radius 2 is 1.44 bits per heavy atom. The minimum Gasteiger partial charge on any atom is -0.478 e. The Hall–Kier alpha value is -6.09. The van der Waals surface area contributed by atoms with Crippen molar-refractivity contribution in [2.45, 2.75) is 39.6 Å². The molecule has 360 valence electrons. The van der Waals surface area contributed by atoms with Crippen LogP contribution in [-0.2, 0) is 26.9 Å². The summed E-state index contributed by atoms with van der Waals surface area (Å²) in [4.78, 5) is 17.3. The number of hydrogen-bond donors (Lipinski definition) is 3. The fraction of sp³-hybridized carbons (Fsp3) is 0.271. The number of carbonyl (C=O) groups is 1. The van der Waals surface area contributed by atoms with Crippen molar-refractivity contribution in [2.24, 2.45) is 7.05 Å². The lowest BCUT2D eigenvalue weighted by Crippen LogP contribution is -2.46. The van der Waals surface area contributed by atoms with Gasteiger partial charge in [-0.05, 0) is 142 Å². The van der Waals surface area contributed by atoms with Gasteiger partial charge >= 0.3 is 11.5 Å². The van der Waals surface area contributed by atoms with E-state index in [2.05, 4.69) is 19.8 Å². The molecule has 1 fully saturated rings. The number of sulfonamides is 1. The summed E-state index contributed by atoms with van der Waals surface area (Å²) in [6.07, 6.45) is 0.356. The van der Waals surface area contributed by atoms with Gasteiger partial charge in [0.15, 0.2) is 0 Å². The Balaban J connectivity index is 1.05. The van der Waals surface area contributed by atoms with Crippen molar-refractivity contribution in [3.05, 3.63) is 138 Å². The number of rotatable bonds is 17. The zero-order chi connectivity index (χ0) is 49.1. The number of carboxylic acid groups (broad SMARTS) is 1. The Morgan fingerprint density at radius 1 is 0.794 bits per heavy atom. The van der Waals surface area contributed by atoms with Crippen LogP contribution in [0.2, 0.25) is 0 Å². The molecule has 68 heavy (non-hydrogen) atoms. The lowest BCUT2D eigenvalue weighted by molar-refractivity contribution is -0.0435. The number of aromatic nitrogens is 1. The molecule has 1 aliphatic heterocycles. The molecule has 1 aromatic heterocycles. The van der Waals surface area contributed by atoms with Gasteiger partial charge in [-0.25, -0.2) is 30.4 Å². The highest BCUT2D eigenvalue weighted by Crippen LogP contribution is 2.41. The van der Waals surface area contributed by atoms with E-state index in [0.29, 0.717) is 78.2 Å². The lowest BCUT2D eigenvalue weighted by atomic mass is 9.96. The number of aromatic carboxylic acids is 1. The predicted molar refractivity (Wildman–Crippen MR) is 257 cm³/mol. The minimum atomic E-state index is -6.05. The van der Waals surface area contributed by atoms with Gasteiger partial charge in [0, 0.05) is 78.2 Å². The third-order valence-electron chi connectivity index (χ3n) is 11.7. The van der Waals surface area contributed by atoms with Gasteiger partial charge in [0.2, 0.25) is 0 Å². The van der Waals surface area contributed by atoms with Gasteiger partial charge in [-0.2, -0.15) is 13.2 Å². The highest BCUT2D eigenvalue weighted by molar-refractivity contribution is 7.99. The number of nitrogens with zero attached hydrogens (tertiary/aromatic N) is 4. The zero-order valence-electron chi connectivity index (χ0n) is 37.4. The molecule has 2 heterocycles. The largest absolute Gasteiger partial charge is 0.501 e. The van der Waals surface area contributed by atoms with E-state index in [4.69, 9.17) is 0 Å². The molecule has 1 saturated heterocycles. The normalized spacial score (nSPS) is 14.0. The summed E-state index contributed by atoms with van der Waals surface area (Å²) in [5, 5.41) is 13.2. The van der Waals surface area contributed by atoms with Crippen molar-refractivity contribution in [1.29, 1.82) is 0 Å². The molecule has 1 atom stereocenters. The molecule has 1 aliphatic rings. The average Bonchev–Trinajstić information content (AvgIpc) is 3.56. The molecular formula is C48H49F5N6O6S3. The van der Waals surface area contributed by atoms with E-state index in [1.807, 2.05) is 29.2 Å². The van der Waals surface area contributed by atoms with Crippen LogP contribution in [0.3, 0.4) is 0 Å². The second kappa shape index (κ2) is 20.2. The summed E-state index contributed by atoms with van der Waals surface area (Å²) in [6.45, 7) is 4.50. The third-order valence-corrected chi connectivity index (χ3v) is 15.7. The first-order chi connectivity index (χ1) is 32.1. The number of carboxylic acids is 1.